The van der Waals surface area contributed by atoms with Crippen molar-refractivity contribution in [2.75, 3.05) is 14.8 Å². The van der Waals surface area contributed by atoms with Gasteiger partial charge in [-0.25, -0.2) is 21.1 Å². The number of carbonyl (C=O) groups excluding carboxylic acids is 1. The van der Waals surface area contributed by atoms with E-state index in [1.807, 2.05) is 26.0 Å². The molecule has 3 rings (SSSR count). The fourth-order valence-electron chi connectivity index (χ4n) is 3.00. The van der Waals surface area contributed by atoms with Crippen LogP contribution < -0.4 is 9.03 Å². The highest BCUT2D eigenvalue weighted by Crippen LogP contribution is 2.29. The second kappa shape index (κ2) is 7.21. The normalized spacial score (nSPS) is 19.2. The molecule has 1 amide bonds. The third-order valence-corrected chi connectivity index (χ3v) is 7.84. The molecule has 0 saturated carbocycles. The maximum Gasteiger partial charge on any atom is 0.261 e. The molecule has 1 atom stereocenters. The molecule has 2 aromatic rings. The Kier molecular flexibility index (Phi) is 5.24. The quantitative estimate of drug-likeness (QED) is 0.798. The summed E-state index contributed by atoms with van der Waals surface area (Å²) in [6.07, 6.45) is 0. The van der Waals surface area contributed by atoms with Crippen LogP contribution in [0.5, 0.6) is 0 Å². The number of nitrogens with one attached hydrogen (secondary N) is 1. The van der Waals surface area contributed by atoms with Crippen molar-refractivity contribution in [1.82, 2.24) is 0 Å². The van der Waals surface area contributed by atoms with E-state index in [9.17, 15) is 21.6 Å². The van der Waals surface area contributed by atoms with Gasteiger partial charge in [0.15, 0.2) is 0 Å². The van der Waals surface area contributed by atoms with Gasteiger partial charge in [-0.05, 0) is 47.9 Å². The summed E-state index contributed by atoms with van der Waals surface area (Å²) in [5.41, 5.74) is 1.66. The van der Waals surface area contributed by atoms with Crippen LogP contribution in [0.2, 0.25) is 0 Å². The predicted molar refractivity (Wildman–Crippen MR) is 108 cm³/mol. The van der Waals surface area contributed by atoms with E-state index >= 15 is 0 Å². The zero-order valence-electron chi connectivity index (χ0n) is 15.8. The van der Waals surface area contributed by atoms with E-state index in [1.54, 1.807) is 19.1 Å². The van der Waals surface area contributed by atoms with Crippen molar-refractivity contribution in [1.29, 1.82) is 0 Å². The maximum absolute atomic E-state index is 12.6. The van der Waals surface area contributed by atoms with Crippen LogP contribution in [0.15, 0.2) is 53.4 Å². The number of hydrogen-bond acceptors (Lipinski definition) is 5. The molecule has 1 heterocycles. The molecule has 1 unspecified atom stereocenters. The molecule has 0 radical (unpaired) electrons. The summed E-state index contributed by atoms with van der Waals surface area (Å²) in [7, 11) is -7.57. The minimum absolute atomic E-state index is 0.0266. The molecule has 2 aromatic carbocycles. The Balaban J connectivity index is 1.83. The number of nitrogens with zero attached hydrogens (tertiary/aromatic N) is 1. The number of amides is 1. The van der Waals surface area contributed by atoms with E-state index in [0.29, 0.717) is 11.6 Å². The Labute approximate surface area is 165 Å². The lowest BCUT2D eigenvalue weighted by molar-refractivity contribution is -0.119. The Morgan fingerprint density at radius 1 is 1.04 bits per heavy atom. The number of sulfonamides is 2. The standard InChI is InChI=1S/C19H22N2O5S2/c1-13(2)15-4-6-16(7-5-15)20-28(25,26)18-10-8-17(9-11-18)21-19(22)14(3)12-27(21,23)24/h4-11,13-14,20H,12H2,1-3H3. The lowest BCUT2D eigenvalue weighted by atomic mass is 10.0. The predicted octanol–water partition coefficient (Wildman–Crippen LogP) is 2.92. The van der Waals surface area contributed by atoms with Gasteiger partial charge in [0.05, 0.1) is 22.3 Å². The van der Waals surface area contributed by atoms with Crippen LogP contribution in [0, 0.1) is 5.92 Å². The van der Waals surface area contributed by atoms with Gasteiger partial charge in [-0.15, -0.1) is 0 Å². The highest BCUT2D eigenvalue weighted by Gasteiger charge is 2.41. The third-order valence-electron chi connectivity index (χ3n) is 4.57. The van der Waals surface area contributed by atoms with Crippen molar-refractivity contribution >= 4 is 37.3 Å². The van der Waals surface area contributed by atoms with E-state index in [1.165, 1.54) is 24.3 Å². The van der Waals surface area contributed by atoms with Crippen molar-refractivity contribution in [2.45, 2.75) is 31.6 Å². The van der Waals surface area contributed by atoms with Gasteiger partial charge in [0.25, 0.3) is 10.0 Å². The third kappa shape index (κ3) is 3.90. The maximum atomic E-state index is 12.6. The van der Waals surface area contributed by atoms with E-state index in [-0.39, 0.29) is 16.3 Å². The zero-order chi connectivity index (χ0) is 20.7. The first-order chi connectivity index (χ1) is 13.0. The van der Waals surface area contributed by atoms with Crippen LogP contribution in [0.4, 0.5) is 11.4 Å². The molecule has 9 heteroatoms. The van der Waals surface area contributed by atoms with Crippen LogP contribution in [-0.4, -0.2) is 28.5 Å². The molecular formula is C19H22N2O5S2. The van der Waals surface area contributed by atoms with Gasteiger partial charge in [-0.3, -0.25) is 9.52 Å². The first kappa shape index (κ1) is 20.3. The molecule has 0 spiro atoms. The molecule has 0 bridgehead atoms. The summed E-state index contributed by atoms with van der Waals surface area (Å²) in [5, 5.41) is 0. The van der Waals surface area contributed by atoms with Gasteiger partial charge in [0.1, 0.15) is 0 Å². The van der Waals surface area contributed by atoms with E-state index in [4.69, 9.17) is 0 Å². The lowest BCUT2D eigenvalue weighted by Crippen LogP contribution is -2.30. The van der Waals surface area contributed by atoms with Gasteiger partial charge in [-0.2, -0.15) is 0 Å². The Bertz CT molecular complexity index is 1090. The van der Waals surface area contributed by atoms with Crippen LogP contribution in [0.1, 0.15) is 32.3 Å². The first-order valence-electron chi connectivity index (χ1n) is 8.81. The smallest absolute Gasteiger partial charge is 0.261 e. The lowest BCUT2D eigenvalue weighted by Gasteiger charge is -2.16. The van der Waals surface area contributed by atoms with Crippen molar-refractivity contribution in [3.63, 3.8) is 0 Å². The van der Waals surface area contributed by atoms with Gasteiger partial charge in [0.2, 0.25) is 15.9 Å². The summed E-state index contributed by atoms with van der Waals surface area (Å²) in [4.78, 5) is 12.1. The molecule has 1 aliphatic heterocycles. The number of rotatable bonds is 5. The fraction of sp³-hybridized carbons (Fsp3) is 0.316. The summed E-state index contributed by atoms with van der Waals surface area (Å²) in [6, 6.07) is 12.3. The van der Waals surface area contributed by atoms with Gasteiger partial charge in [-0.1, -0.05) is 32.9 Å². The Hall–Kier alpha value is -2.39. The number of carbonyl (C=O) groups is 1. The molecule has 1 saturated heterocycles. The van der Waals surface area contributed by atoms with Gasteiger partial charge < -0.3 is 0 Å². The van der Waals surface area contributed by atoms with Crippen molar-refractivity contribution < 1.29 is 21.6 Å². The topological polar surface area (TPSA) is 101 Å². The first-order valence-corrected chi connectivity index (χ1v) is 11.9. The van der Waals surface area contributed by atoms with Crippen LogP contribution >= 0.6 is 0 Å². The molecular weight excluding hydrogens is 400 g/mol. The summed E-state index contributed by atoms with van der Waals surface area (Å²) < 4.78 is 52.7. The molecule has 1 aliphatic rings. The van der Waals surface area contributed by atoms with Gasteiger partial charge >= 0.3 is 0 Å². The molecule has 1 fully saturated rings. The average molecular weight is 423 g/mol. The average Bonchev–Trinajstić information content (AvgIpc) is 2.82. The van der Waals surface area contributed by atoms with Crippen molar-refractivity contribution in [3.05, 3.63) is 54.1 Å². The van der Waals surface area contributed by atoms with Crippen LogP contribution in [0.25, 0.3) is 0 Å². The van der Waals surface area contributed by atoms with Gasteiger partial charge in [0, 0.05) is 5.69 Å². The summed E-state index contributed by atoms with van der Waals surface area (Å²) in [6.45, 7) is 5.65. The molecule has 1 N–H and O–H groups in total. The SMILES string of the molecule is CC1CS(=O)(=O)N(c2ccc(S(=O)(=O)Nc3ccc(C(C)C)cc3)cc2)C1=O. The molecule has 150 valence electrons. The zero-order valence-corrected chi connectivity index (χ0v) is 17.4. The molecule has 0 aromatic heterocycles. The monoisotopic (exact) mass is 422 g/mol. The number of hydrogen-bond donors (Lipinski definition) is 1. The Morgan fingerprint density at radius 2 is 1.61 bits per heavy atom. The fourth-order valence-corrected chi connectivity index (χ4v) is 5.88. The highest BCUT2D eigenvalue weighted by molar-refractivity contribution is 7.94. The second-order valence-corrected chi connectivity index (χ2v) is 10.7. The highest BCUT2D eigenvalue weighted by atomic mass is 32.2. The minimum atomic E-state index is -3.84. The minimum Gasteiger partial charge on any atom is -0.280 e. The van der Waals surface area contributed by atoms with Crippen LogP contribution in [0.3, 0.4) is 0 Å². The summed E-state index contributed by atoms with van der Waals surface area (Å²) in [5.74, 6) is -1.05. The van der Waals surface area contributed by atoms with E-state index in [0.717, 1.165) is 9.87 Å². The van der Waals surface area contributed by atoms with E-state index < -0.39 is 31.9 Å². The molecule has 28 heavy (non-hydrogen) atoms. The molecule has 7 nitrogen and oxygen atoms in total. The Morgan fingerprint density at radius 3 is 2.07 bits per heavy atom. The second-order valence-electron chi connectivity index (χ2n) is 7.16. The van der Waals surface area contributed by atoms with Crippen molar-refractivity contribution in [3.8, 4) is 0 Å². The largest absolute Gasteiger partial charge is 0.280 e. The number of benzene rings is 2. The van der Waals surface area contributed by atoms with Crippen LogP contribution in [-0.2, 0) is 24.8 Å². The number of anilines is 2. The van der Waals surface area contributed by atoms with E-state index in [2.05, 4.69) is 4.72 Å². The summed E-state index contributed by atoms with van der Waals surface area (Å²) >= 11 is 0. The molecule has 0 aliphatic carbocycles. The van der Waals surface area contributed by atoms with Crippen molar-refractivity contribution in [2.24, 2.45) is 5.92 Å².